The van der Waals surface area contributed by atoms with Gasteiger partial charge in [-0.3, -0.25) is 4.90 Å². The molecule has 152 valence electrons. The smallest absolute Gasteiger partial charge is 0.203 e. The third kappa shape index (κ3) is 4.95. The molecule has 1 atom stereocenters. The molecule has 1 N–H and O–H groups in total. The summed E-state index contributed by atoms with van der Waals surface area (Å²) < 4.78 is 21.8. The van der Waals surface area contributed by atoms with Gasteiger partial charge >= 0.3 is 0 Å². The number of hydrogen-bond donors (Lipinski definition) is 1. The number of nitrogens with zero attached hydrogens (tertiary/aromatic N) is 1. The summed E-state index contributed by atoms with van der Waals surface area (Å²) in [5.74, 6) is 1.96. The van der Waals surface area contributed by atoms with Gasteiger partial charge in [0.1, 0.15) is 0 Å². The van der Waals surface area contributed by atoms with Crippen molar-refractivity contribution in [3.63, 3.8) is 0 Å². The fourth-order valence-electron chi connectivity index (χ4n) is 3.61. The Bertz CT molecular complexity index is 708. The SMILES string of the molecule is COc1cc(CNCC(c2ccccc2)N2CCOCC2)cc(OC)c1OC. The van der Waals surface area contributed by atoms with Crippen LogP contribution in [-0.4, -0.2) is 59.1 Å². The van der Waals surface area contributed by atoms with Crippen molar-refractivity contribution < 1.29 is 18.9 Å². The van der Waals surface area contributed by atoms with E-state index >= 15 is 0 Å². The number of morpholine rings is 1. The Hall–Kier alpha value is -2.28. The fourth-order valence-corrected chi connectivity index (χ4v) is 3.61. The van der Waals surface area contributed by atoms with Crippen LogP contribution in [0.25, 0.3) is 0 Å². The monoisotopic (exact) mass is 386 g/mol. The van der Waals surface area contributed by atoms with Crippen LogP contribution in [0.5, 0.6) is 17.2 Å². The van der Waals surface area contributed by atoms with Crippen molar-refractivity contribution in [3.8, 4) is 17.2 Å². The Balaban J connectivity index is 1.70. The molecule has 6 heteroatoms. The highest BCUT2D eigenvalue weighted by atomic mass is 16.5. The van der Waals surface area contributed by atoms with Crippen LogP contribution in [0.15, 0.2) is 42.5 Å². The van der Waals surface area contributed by atoms with Crippen LogP contribution in [-0.2, 0) is 11.3 Å². The van der Waals surface area contributed by atoms with Gasteiger partial charge in [0.15, 0.2) is 11.5 Å². The second kappa shape index (κ2) is 10.3. The van der Waals surface area contributed by atoms with Gasteiger partial charge in [0, 0.05) is 32.2 Å². The summed E-state index contributed by atoms with van der Waals surface area (Å²) in [6.45, 7) is 5.04. The lowest BCUT2D eigenvalue weighted by atomic mass is 10.0. The van der Waals surface area contributed by atoms with Crippen molar-refractivity contribution in [2.75, 3.05) is 54.2 Å². The van der Waals surface area contributed by atoms with Crippen LogP contribution in [0.1, 0.15) is 17.2 Å². The lowest BCUT2D eigenvalue weighted by Crippen LogP contribution is -2.42. The van der Waals surface area contributed by atoms with Gasteiger partial charge in [0.2, 0.25) is 5.75 Å². The van der Waals surface area contributed by atoms with Crippen LogP contribution in [0, 0.1) is 0 Å². The highest BCUT2D eigenvalue weighted by Crippen LogP contribution is 2.38. The average molecular weight is 386 g/mol. The molecule has 28 heavy (non-hydrogen) atoms. The van der Waals surface area contributed by atoms with Crippen LogP contribution in [0.4, 0.5) is 0 Å². The molecule has 0 aliphatic carbocycles. The van der Waals surface area contributed by atoms with E-state index in [1.54, 1.807) is 21.3 Å². The summed E-state index contributed by atoms with van der Waals surface area (Å²) in [6, 6.07) is 14.9. The number of methoxy groups -OCH3 is 3. The Kier molecular flexibility index (Phi) is 7.54. The molecular weight excluding hydrogens is 356 g/mol. The van der Waals surface area contributed by atoms with Gasteiger partial charge in [-0.15, -0.1) is 0 Å². The summed E-state index contributed by atoms with van der Waals surface area (Å²) in [5, 5.41) is 3.60. The van der Waals surface area contributed by atoms with Crippen molar-refractivity contribution in [1.29, 1.82) is 0 Å². The van der Waals surface area contributed by atoms with Gasteiger partial charge in [-0.2, -0.15) is 0 Å². The first-order valence-corrected chi connectivity index (χ1v) is 9.63. The van der Waals surface area contributed by atoms with E-state index in [0.717, 1.165) is 38.4 Å². The third-order valence-corrected chi connectivity index (χ3v) is 5.06. The lowest BCUT2D eigenvalue weighted by molar-refractivity contribution is 0.0161. The normalized spacial score (nSPS) is 15.8. The molecule has 0 amide bonds. The molecule has 0 aromatic heterocycles. The minimum Gasteiger partial charge on any atom is -0.493 e. The maximum Gasteiger partial charge on any atom is 0.203 e. The minimum absolute atomic E-state index is 0.312. The molecule has 2 aromatic carbocycles. The number of hydrogen-bond acceptors (Lipinski definition) is 6. The Morgan fingerprint density at radius 3 is 2.18 bits per heavy atom. The summed E-state index contributed by atoms with van der Waals surface area (Å²) in [7, 11) is 4.89. The Morgan fingerprint density at radius 1 is 0.964 bits per heavy atom. The zero-order valence-electron chi connectivity index (χ0n) is 16.9. The second-order valence-corrected chi connectivity index (χ2v) is 6.74. The van der Waals surface area contributed by atoms with Crippen LogP contribution in [0.2, 0.25) is 0 Å². The molecule has 1 heterocycles. The summed E-state index contributed by atoms with van der Waals surface area (Å²) in [4.78, 5) is 2.49. The number of benzene rings is 2. The molecule has 0 bridgehead atoms. The molecule has 1 aliphatic heterocycles. The molecule has 3 rings (SSSR count). The van der Waals surface area contributed by atoms with Crippen molar-refractivity contribution in [2.24, 2.45) is 0 Å². The number of nitrogens with one attached hydrogen (secondary N) is 1. The predicted octanol–water partition coefficient (Wildman–Crippen LogP) is 2.88. The van der Waals surface area contributed by atoms with Crippen molar-refractivity contribution in [2.45, 2.75) is 12.6 Å². The fraction of sp³-hybridized carbons (Fsp3) is 0.455. The predicted molar refractivity (Wildman–Crippen MR) is 109 cm³/mol. The highest BCUT2D eigenvalue weighted by Gasteiger charge is 2.22. The van der Waals surface area contributed by atoms with E-state index in [-0.39, 0.29) is 0 Å². The summed E-state index contributed by atoms with van der Waals surface area (Å²) in [5.41, 5.74) is 2.41. The minimum atomic E-state index is 0.312. The van der Waals surface area contributed by atoms with Crippen LogP contribution >= 0.6 is 0 Å². The van der Waals surface area contributed by atoms with E-state index in [4.69, 9.17) is 18.9 Å². The van der Waals surface area contributed by atoms with Gasteiger partial charge in [-0.25, -0.2) is 0 Å². The molecule has 1 unspecified atom stereocenters. The average Bonchev–Trinajstić information content (AvgIpc) is 2.77. The summed E-state index contributed by atoms with van der Waals surface area (Å²) in [6.07, 6.45) is 0. The molecule has 0 radical (unpaired) electrons. The van der Waals surface area contributed by atoms with E-state index in [2.05, 4.69) is 40.5 Å². The largest absolute Gasteiger partial charge is 0.493 e. The first kappa shape index (κ1) is 20.5. The third-order valence-electron chi connectivity index (χ3n) is 5.06. The van der Waals surface area contributed by atoms with E-state index in [9.17, 15) is 0 Å². The van der Waals surface area contributed by atoms with E-state index in [1.165, 1.54) is 5.56 Å². The second-order valence-electron chi connectivity index (χ2n) is 6.74. The van der Waals surface area contributed by atoms with Crippen LogP contribution < -0.4 is 19.5 Å². The maximum atomic E-state index is 5.53. The Morgan fingerprint density at radius 2 is 1.61 bits per heavy atom. The highest BCUT2D eigenvalue weighted by molar-refractivity contribution is 5.53. The molecule has 0 spiro atoms. The quantitative estimate of drug-likeness (QED) is 0.715. The summed E-state index contributed by atoms with van der Waals surface area (Å²) >= 11 is 0. The number of rotatable bonds is 9. The molecular formula is C22H30N2O4. The molecule has 1 saturated heterocycles. The first-order valence-electron chi connectivity index (χ1n) is 9.63. The van der Waals surface area contributed by atoms with Gasteiger partial charge in [0.25, 0.3) is 0 Å². The zero-order chi connectivity index (χ0) is 19.8. The van der Waals surface area contributed by atoms with Gasteiger partial charge in [-0.1, -0.05) is 30.3 Å². The maximum absolute atomic E-state index is 5.53. The van der Waals surface area contributed by atoms with Gasteiger partial charge in [-0.05, 0) is 23.3 Å². The van der Waals surface area contributed by atoms with E-state index < -0.39 is 0 Å². The van der Waals surface area contributed by atoms with Crippen molar-refractivity contribution >= 4 is 0 Å². The first-order chi connectivity index (χ1) is 13.8. The van der Waals surface area contributed by atoms with Gasteiger partial charge < -0.3 is 24.3 Å². The molecule has 6 nitrogen and oxygen atoms in total. The Labute approximate surface area is 167 Å². The van der Waals surface area contributed by atoms with Gasteiger partial charge in [0.05, 0.1) is 34.5 Å². The van der Waals surface area contributed by atoms with Crippen molar-refractivity contribution in [1.82, 2.24) is 10.2 Å². The molecule has 1 fully saturated rings. The van der Waals surface area contributed by atoms with Crippen LogP contribution in [0.3, 0.4) is 0 Å². The van der Waals surface area contributed by atoms with Crippen molar-refractivity contribution in [3.05, 3.63) is 53.6 Å². The van der Waals surface area contributed by atoms with E-state index in [1.807, 2.05) is 12.1 Å². The topological polar surface area (TPSA) is 52.2 Å². The molecule has 0 saturated carbocycles. The lowest BCUT2D eigenvalue weighted by Gasteiger charge is -2.35. The standard InChI is InChI=1S/C22H30N2O4/c1-25-20-13-17(14-21(26-2)22(20)27-3)15-23-16-19(18-7-5-4-6-8-18)24-9-11-28-12-10-24/h4-8,13-14,19,23H,9-12,15-16H2,1-3H3. The molecule has 2 aromatic rings. The molecule has 1 aliphatic rings. The number of ether oxygens (including phenoxy) is 4. The zero-order valence-corrected chi connectivity index (χ0v) is 16.9. The van der Waals surface area contributed by atoms with E-state index in [0.29, 0.717) is 29.8 Å².